The molecule has 0 aromatic carbocycles. The standard InChI is InChI=1S/C12H22N2O2/c1-16-8-11(15)14-7-3-5-12(10-14)4-2-6-13-9-12/h13H,2-10H2,1H3. The van der Waals surface area contributed by atoms with Crippen molar-refractivity contribution in [3.63, 3.8) is 0 Å². The second-order valence-electron chi connectivity index (χ2n) is 5.13. The van der Waals surface area contributed by atoms with Gasteiger partial charge in [-0.15, -0.1) is 0 Å². The molecule has 92 valence electrons. The second kappa shape index (κ2) is 5.15. The smallest absolute Gasteiger partial charge is 0.248 e. The van der Waals surface area contributed by atoms with Gasteiger partial charge in [-0.2, -0.15) is 0 Å². The summed E-state index contributed by atoms with van der Waals surface area (Å²) < 4.78 is 4.93. The molecule has 2 rings (SSSR count). The summed E-state index contributed by atoms with van der Waals surface area (Å²) in [7, 11) is 1.58. The molecule has 1 amide bonds. The van der Waals surface area contributed by atoms with E-state index in [1.807, 2.05) is 4.90 Å². The molecular formula is C12H22N2O2. The molecule has 0 bridgehead atoms. The number of carbonyl (C=O) groups excluding carboxylic acids is 1. The van der Waals surface area contributed by atoms with E-state index in [2.05, 4.69) is 5.32 Å². The minimum absolute atomic E-state index is 0.146. The number of piperidine rings is 2. The number of likely N-dealkylation sites (tertiary alicyclic amines) is 1. The Labute approximate surface area is 97.3 Å². The van der Waals surface area contributed by atoms with Crippen molar-refractivity contribution in [1.82, 2.24) is 10.2 Å². The van der Waals surface area contributed by atoms with Crippen LogP contribution in [0.3, 0.4) is 0 Å². The number of rotatable bonds is 2. The van der Waals surface area contributed by atoms with Crippen LogP contribution in [0.1, 0.15) is 25.7 Å². The molecule has 2 saturated heterocycles. The van der Waals surface area contributed by atoms with Crippen molar-refractivity contribution >= 4 is 5.91 Å². The fourth-order valence-corrected chi connectivity index (χ4v) is 3.01. The fourth-order valence-electron chi connectivity index (χ4n) is 3.01. The van der Waals surface area contributed by atoms with Gasteiger partial charge in [0.05, 0.1) is 0 Å². The molecule has 2 fully saturated rings. The zero-order valence-electron chi connectivity index (χ0n) is 10.1. The monoisotopic (exact) mass is 226 g/mol. The quantitative estimate of drug-likeness (QED) is 0.750. The van der Waals surface area contributed by atoms with Gasteiger partial charge in [0, 0.05) is 32.2 Å². The highest BCUT2D eigenvalue weighted by Gasteiger charge is 2.37. The van der Waals surface area contributed by atoms with Crippen molar-refractivity contribution in [2.75, 3.05) is 39.9 Å². The second-order valence-corrected chi connectivity index (χ2v) is 5.13. The molecule has 1 N–H and O–H groups in total. The molecule has 1 unspecified atom stereocenters. The third-order valence-corrected chi connectivity index (χ3v) is 3.84. The molecular weight excluding hydrogens is 204 g/mol. The van der Waals surface area contributed by atoms with E-state index in [4.69, 9.17) is 4.74 Å². The van der Waals surface area contributed by atoms with Gasteiger partial charge < -0.3 is 15.0 Å². The molecule has 1 spiro atoms. The van der Waals surface area contributed by atoms with Gasteiger partial charge in [0.15, 0.2) is 0 Å². The van der Waals surface area contributed by atoms with Crippen LogP contribution in [0.4, 0.5) is 0 Å². The highest BCUT2D eigenvalue weighted by molar-refractivity contribution is 5.77. The Bertz CT molecular complexity index is 244. The number of nitrogens with one attached hydrogen (secondary N) is 1. The van der Waals surface area contributed by atoms with E-state index in [-0.39, 0.29) is 12.5 Å². The minimum Gasteiger partial charge on any atom is -0.375 e. The summed E-state index contributed by atoms with van der Waals surface area (Å²) in [6.07, 6.45) is 4.90. The first-order valence-corrected chi connectivity index (χ1v) is 6.23. The Hall–Kier alpha value is -0.610. The average Bonchev–Trinajstić information content (AvgIpc) is 2.30. The van der Waals surface area contributed by atoms with Crippen LogP contribution in [0.5, 0.6) is 0 Å². The third-order valence-electron chi connectivity index (χ3n) is 3.84. The Morgan fingerprint density at radius 2 is 2.25 bits per heavy atom. The summed E-state index contributed by atoms with van der Waals surface area (Å²) in [4.78, 5) is 13.8. The number of hydrogen-bond acceptors (Lipinski definition) is 3. The third kappa shape index (κ3) is 2.55. The summed E-state index contributed by atoms with van der Waals surface area (Å²) in [6.45, 7) is 4.26. The molecule has 4 nitrogen and oxygen atoms in total. The van der Waals surface area contributed by atoms with E-state index in [9.17, 15) is 4.79 Å². The summed E-state index contributed by atoms with van der Waals surface area (Å²) >= 11 is 0. The number of nitrogens with zero attached hydrogens (tertiary/aromatic N) is 1. The Morgan fingerprint density at radius 3 is 2.94 bits per heavy atom. The Morgan fingerprint density at radius 1 is 1.44 bits per heavy atom. The topological polar surface area (TPSA) is 41.6 Å². The van der Waals surface area contributed by atoms with Gasteiger partial charge in [0.25, 0.3) is 0 Å². The maximum absolute atomic E-state index is 11.8. The van der Waals surface area contributed by atoms with E-state index in [1.165, 1.54) is 19.3 Å². The van der Waals surface area contributed by atoms with Crippen LogP contribution in [0, 0.1) is 5.41 Å². The minimum atomic E-state index is 0.146. The lowest BCUT2D eigenvalue weighted by Gasteiger charge is -2.45. The fraction of sp³-hybridized carbons (Fsp3) is 0.917. The van der Waals surface area contributed by atoms with Gasteiger partial charge in [-0.05, 0) is 32.2 Å². The summed E-state index contributed by atoms with van der Waals surface area (Å²) in [5.74, 6) is 0.146. The van der Waals surface area contributed by atoms with Crippen molar-refractivity contribution in [2.45, 2.75) is 25.7 Å². The molecule has 0 aromatic rings. The molecule has 2 aliphatic heterocycles. The average molecular weight is 226 g/mol. The summed E-state index contributed by atoms with van der Waals surface area (Å²) in [5.41, 5.74) is 0.347. The van der Waals surface area contributed by atoms with E-state index < -0.39 is 0 Å². The van der Waals surface area contributed by atoms with Gasteiger partial charge in [-0.3, -0.25) is 4.79 Å². The molecule has 0 aliphatic carbocycles. The highest BCUT2D eigenvalue weighted by Crippen LogP contribution is 2.35. The predicted octanol–water partition coefficient (Wildman–Crippen LogP) is 0.625. The first kappa shape index (κ1) is 11.9. The van der Waals surface area contributed by atoms with Crippen LogP contribution in [-0.2, 0) is 9.53 Å². The highest BCUT2D eigenvalue weighted by atomic mass is 16.5. The molecule has 2 aliphatic rings. The van der Waals surface area contributed by atoms with E-state index in [0.29, 0.717) is 5.41 Å². The van der Waals surface area contributed by atoms with Gasteiger partial charge in [-0.1, -0.05) is 0 Å². The SMILES string of the molecule is COCC(=O)N1CCCC2(CCCNC2)C1. The lowest BCUT2D eigenvalue weighted by molar-refractivity contribution is -0.139. The molecule has 0 saturated carbocycles. The lowest BCUT2D eigenvalue weighted by atomic mass is 9.74. The first-order chi connectivity index (χ1) is 7.76. The van der Waals surface area contributed by atoms with E-state index >= 15 is 0 Å². The molecule has 16 heavy (non-hydrogen) atoms. The maximum Gasteiger partial charge on any atom is 0.248 e. The molecule has 0 aromatic heterocycles. The predicted molar refractivity (Wildman–Crippen MR) is 62.2 cm³/mol. The first-order valence-electron chi connectivity index (χ1n) is 6.23. The number of ether oxygens (including phenoxy) is 1. The van der Waals surface area contributed by atoms with Gasteiger partial charge >= 0.3 is 0 Å². The van der Waals surface area contributed by atoms with Crippen LogP contribution < -0.4 is 5.32 Å². The van der Waals surface area contributed by atoms with Crippen molar-refractivity contribution in [1.29, 1.82) is 0 Å². The van der Waals surface area contributed by atoms with E-state index in [0.717, 1.165) is 32.6 Å². The van der Waals surface area contributed by atoms with Gasteiger partial charge in [0.2, 0.25) is 5.91 Å². The van der Waals surface area contributed by atoms with Crippen LogP contribution in [0.15, 0.2) is 0 Å². The number of hydrogen-bond donors (Lipinski definition) is 1. The Kier molecular flexibility index (Phi) is 3.82. The van der Waals surface area contributed by atoms with Crippen molar-refractivity contribution in [3.05, 3.63) is 0 Å². The van der Waals surface area contributed by atoms with Crippen LogP contribution in [0.25, 0.3) is 0 Å². The molecule has 1 atom stereocenters. The lowest BCUT2D eigenvalue weighted by Crippen LogP contribution is -2.53. The van der Waals surface area contributed by atoms with Crippen LogP contribution in [-0.4, -0.2) is 50.7 Å². The zero-order valence-corrected chi connectivity index (χ0v) is 10.1. The number of amides is 1. The van der Waals surface area contributed by atoms with Crippen LogP contribution >= 0.6 is 0 Å². The molecule has 4 heteroatoms. The summed E-state index contributed by atoms with van der Waals surface area (Å²) in [6, 6.07) is 0. The molecule has 2 heterocycles. The molecule has 0 radical (unpaired) electrons. The number of carbonyl (C=O) groups is 1. The van der Waals surface area contributed by atoms with Gasteiger partial charge in [-0.25, -0.2) is 0 Å². The number of methoxy groups -OCH3 is 1. The van der Waals surface area contributed by atoms with E-state index in [1.54, 1.807) is 7.11 Å². The summed E-state index contributed by atoms with van der Waals surface area (Å²) in [5, 5.41) is 3.47. The van der Waals surface area contributed by atoms with Gasteiger partial charge in [0.1, 0.15) is 6.61 Å². The normalized spacial score (nSPS) is 30.7. The maximum atomic E-state index is 11.8. The zero-order chi connectivity index (χ0) is 11.4. The van der Waals surface area contributed by atoms with Crippen LogP contribution in [0.2, 0.25) is 0 Å². The van der Waals surface area contributed by atoms with Crippen molar-refractivity contribution in [2.24, 2.45) is 5.41 Å². The largest absolute Gasteiger partial charge is 0.375 e. The Balaban J connectivity index is 1.94. The van der Waals surface area contributed by atoms with Crippen molar-refractivity contribution in [3.8, 4) is 0 Å². The van der Waals surface area contributed by atoms with Crippen molar-refractivity contribution < 1.29 is 9.53 Å².